The number of aromatic nitrogens is 4. The van der Waals surface area contributed by atoms with Gasteiger partial charge in [0.15, 0.2) is 0 Å². The summed E-state index contributed by atoms with van der Waals surface area (Å²) in [7, 11) is 0. The van der Waals surface area contributed by atoms with E-state index in [4.69, 9.17) is 9.72 Å². The molecule has 0 saturated carbocycles. The van der Waals surface area contributed by atoms with Crippen molar-refractivity contribution in [2.24, 2.45) is 0 Å². The number of hydrogen-bond acceptors (Lipinski definition) is 3. The average molecular weight is 1030 g/mol. The molecule has 0 aliphatic carbocycles. The molecule has 6 nitrogen and oxygen atoms in total. The minimum absolute atomic E-state index is 0.00924. The molecule has 0 fully saturated rings. The van der Waals surface area contributed by atoms with Crippen molar-refractivity contribution in [1.29, 1.82) is 0 Å². The standard InChI is InChI=1S/C58H49N5O.Pt/c1-58(2,3)41-31-32-59-53(35-41)63-49-26-11-10-23-45(49)46-30-29-44(37-52(46)63)64-43-22-14-21-42(36-43)61-38-62(51-28-13-12-27-50(51)61)57-54(39-17-6-4-7-18-39)47-24-15-33-60-34-16-25-48(56(47)60)55(57)40-19-8-5-9-20-40;/h4-14,17-23,26-32,35-37H,15-16,24-25,33-34H2,1-3H3;. The number of anilines is 1. The van der Waals surface area contributed by atoms with E-state index in [1.165, 1.54) is 55.7 Å². The van der Waals surface area contributed by atoms with E-state index in [9.17, 15) is 0 Å². The predicted molar refractivity (Wildman–Crippen MR) is 263 cm³/mol. The molecule has 2 aliphatic rings. The molecule has 10 aromatic rings. The number of ether oxygens (including phenoxy) is 1. The number of hydrogen-bond donors (Lipinski definition) is 0. The SMILES string of the molecule is CC(C)(C)c1ccnc(-n2c3ccccc3c3ccc(Oc4cccc(-n5[c](=[Pt])n(-c6c(-c7ccccc7)c7c8c(c6-c6ccccc6)CCCN8CCC7)c6ccccc65)c4)cc32)c1. The van der Waals surface area contributed by atoms with Gasteiger partial charge in [0.05, 0.1) is 0 Å². The van der Waals surface area contributed by atoms with Crippen LogP contribution in [0.4, 0.5) is 5.69 Å². The van der Waals surface area contributed by atoms with Crippen LogP contribution in [0, 0.1) is 3.80 Å². The third-order valence-corrected chi connectivity index (χ3v) is 14.5. The van der Waals surface area contributed by atoms with Crippen LogP contribution in [-0.2, 0) is 37.6 Å². The Hall–Kier alpha value is -6.75. The third-order valence-electron chi connectivity index (χ3n) is 13.5. The molecule has 322 valence electrons. The zero-order chi connectivity index (χ0) is 43.8. The van der Waals surface area contributed by atoms with Crippen molar-refractivity contribution in [3.63, 3.8) is 0 Å². The van der Waals surface area contributed by atoms with Crippen LogP contribution in [0.15, 0.2) is 170 Å². The molecule has 7 heteroatoms. The summed E-state index contributed by atoms with van der Waals surface area (Å²) in [5, 5.41) is 2.35. The van der Waals surface area contributed by atoms with Crippen LogP contribution in [0.3, 0.4) is 0 Å². The molecule has 0 radical (unpaired) electrons. The zero-order valence-corrected chi connectivity index (χ0v) is 39.1. The van der Waals surface area contributed by atoms with E-state index in [0.29, 0.717) is 0 Å². The zero-order valence-electron chi connectivity index (χ0n) is 36.9. The van der Waals surface area contributed by atoms with Crippen LogP contribution < -0.4 is 9.64 Å². The predicted octanol–water partition coefficient (Wildman–Crippen LogP) is 14.1. The summed E-state index contributed by atoms with van der Waals surface area (Å²) in [4.78, 5) is 7.59. The maximum absolute atomic E-state index is 6.86. The van der Waals surface area contributed by atoms with Gasteiger partial charge in [-0.15, -0.1) is 0 Å². The second kappa shape index (κ2) is 15.7. The summed E-state index contributed by atoms with van der Waals surface area (Å²) in [6, 6.07) is 59.1. The van der Waals surface area contributed by atoms with E-state index in [1.807, 2.05) is 6.20 Å². The average Bonchev–Trinajstić information content (AvgIpc) is 3.82. The molecule has 2 aliphatic heterocycles. The first-order valence-corrected chi connectivity index (χ1v) is 24.0. The Morgan fingerprint density at radius 3 is 1.80 bits per heavy atom. The Bertz CT molecular complexity index is 3460. The fourth-order valence-electron chi connectivity index (χ4n) is 10.6. The number of imidazole rings is 1. The molecule has 0 atom stereocenters. The van der Waals surface area contributed by atoms with Crippen LogP contribution in [-0.4, -0.2) is 31.8 Å². The van der Waals surface area contributed by atoms with E-state index < -0.39 is 0 Å². The minimum atomic E-state index is -0.00924. The van der Waals surface area contributed by atoms with Crippen molar-refractivity contribution in [3.05, 3.63) is 190 Å². The van der Waals surface area contributed by atoms with E-state index in [2.05, 4.69) is 223 Å². The monoisotopic (exact) mass is 1030 g/mol. The Morgan fingerprint density at radius 2 is 1.12 bits per heavy atom. The van der Waals surface area contributed by atoms with Crippen molar-refractivity contribution in [3.8, 4) is 50.9 Å². The van der Waals surface area contributed by atoms with Crippen LogP contribution in [0.25, 0.3) is 72.3 Å². The first-order valence-electron chi connectivity index (χ1n) is 22.9. The molecule has 65 heavy (non-hydrogen) atoms. The molecule has 0 N–H and O–H groups in total. The van der Waals surface area contributed by atoms with Gasteiger partial charge < -0.3 is 0 Å². The van der Waals surface area contributed by atoms with Gasteiger partial charge in [-0.3, -0.25) is 0 Å². The van der Waals surface area contributed by atoms with Gasteiger partial charge in [0.1, 0.15) is 0 Å². The normalized spacial score (nSPS) is 13.8. The molecular formula is C58H49N5OPt. The van der Waals surface area contributed by atoms with Crippen molar-refractivity contribution in [2.75, 3.05) is 18.0 Å². The van der Waals surface area contributed by atoms with Gasteiger partial charge in [0.25, 0.3) is 0 Å². The molecule has 5 heterocycles. The van der Waals surface area contributed by atoms with E-state index in [0.717, 1.165) is 93.0 Å². The van der Waals surface area contributed by atoms with Crippen LogP contribution in [0.1, 0.15) is 50.3 Å². The van der Waals surface area contributed by atoms with E-state index in [-0.39, 0.29) is 5.41 Å². The molecular weight excluding hydrogens is 978 g/mol. The van der Waals surface area contributed by atoms with Crippen molar-refractivity contribution >= 4 is 38.5 Å². The van der Waals surface area contributed by atoms with E-state index in [1.54, 1.807) is 0 Å². The number of nitrogens with zero attached hydrogens (tertiary/aromatic N) is 5. The maximum atomic E-state index is 6.86. The van der Waals surface area contributed by atoms with Crippen molar-refractivity contribution < 1.29 is 24.1 Å². The molecule has 0 amide bonds. The van der Waals surface area contributed by atoms with Gasteiger partial charge in [-0.25, -0.2) is 0 Å². The third kappa shape index (κ3) is 6.64. The summed E-state index contributed by atoms with van der Waals surface area (Å²) in [6.45, 7) is 8.97. The number of rotatable bonds is 7. The molecule has 3 aromatic heterocycles. The van der Waals surface area contributed by atoms with Gasteiger partial charge in [-0.05, 0) is 17.0 Å². The summed E-state index contributed by atoms with van der Waals surface area (Å²) in [5.74, 6) is 2.44. The van der Waals surface area contributed by atoms with Crippen molar-refractivity contribution in [2.45, 2.75) is 51.9 Å². The Labute approximate surface area is 390 Å². The quantitative estimate of drug-likeness (QED) is 0.160. The van der Waals surface area contributed by atoms with E-state index >= 15 is 0 Å². The van der Waals surface area contributed by atoms with Gasteiger partial charge in [0.2, 0.25) is 0 Å². The summed E-state index contributed by atoms with van der Waals surface area (Å²) < 4.78 is 15.2. The number of para-hydroxylation sites is 3. The van der Waals surface area contributed by atoms with Gasteiger partial charge in [-0.1, -0.05) is 32.9 Å². The number of fused-ring (bicyclic) bond motifs is 4. The van der Waals surface area contributed by atoms with Crippen LogP contribution >= 0.6 is 0 Å². The van der Waals surface area contributed by atoms with Gasteiger partial charge >= 0.3 is 336 Å². The molecule has 0 spiro atoms. The molecule has 0 saturated heterocycles. The number of pyridine rings is 1. The summed E-state index contributed by atoms with van der Waals surface area (Å²) in [5.41, 5.74) is 17.6. The second-order valence-electron chi connectivity index (χ2n) is 18.5. The summed E-state index contributed by atoms with van der Waals surface area (Å²) >= 11 is 2.58. The fourth-order valence-corrected chi connectivity index (χ4v) is 11.7. The molecule has 7 aromatic carbocycles. The molecule has 0 bridgehead atoms. The Kier molecular flexibility index (Phi) is 9.64. The molecule has 12 rings (SSSR count). The van der Waals surface area contributed by atoms with Crippen LogP contribution in [0.2, 0.25) is 0 Å². The Morgan fingerprint density at radius 1 is 0.523 bits per heavy atom. The number of benzene rings is 7. The fraction of sp³-hybridized carbons (Fsp3) is 0.172. The second-order valence-corrected chi connectivity index (χ2v) is 19.5. The topological polar surface area (TPSA) is 40.1 Å². The van der Waals surface area contributed by atoms with Gasteiger partial charge in [0, 0.05) is 6.20 Å². The van der Waals surface area contributed by atoms with Crippen molar-refractivity contribution in [1.82, 2.24) is 18.7 Å². The Balaban J connectivity index is 1.03. The molecule has 0 unspecified atom stereocenters. The van der Waals surface area contributed by atoms with Crippen LogP contribution in [0.5, 0.6) is 11.5 Å². The summed E-state index contributed by atoms with van der Waals surface area (Å²) in [6.07, 6.45) is 6.37. The van der Waals surface area contributed by atoms with Gasteiger partial charge in [-0.2, -0.15) is 0 Å². The first-order chi connectivity index (χ1) is 31.8. The first kappa shape index (κ1) is 39.8.